The number of anilines is 1. The van der Waals surface area contributed by atoms with Gasteiger partial charge < -0.3 is 5.32 Å². The molecule has 1 amide bonds. The first-order valence-electron chi connectivity index (χ1n) is 6.08. The van der Waals surface area contributed by atoms with Gasteiger partial charge in [0.1, 0.15) is 0 Å². The summed E-state index contributed by atoms with van der Waals surface area (Å²) < 4.78 is 24.1. The Morgan fingerprint density at radius 1 is 1.35 bits per heavy atom. The molecule has 1 aromatic carbocycles. The van der Waals surface area contributed by atoms with Gasteiger partial charge in [-0.1, -0.05) is 12.1 Å². The molecule has 108 valence electrons. The monoisotopic (exact) mass is 295 g/mol. The van der Waals surface area contributed by atoms with Gasteiger partial charge in [0.25, 0.3) is 0 Å². The first-order chi connectivity index (χ1) is 9.39. The lowest BCUT2D eigenvalue weighted by atomic mass is 10.1. The Morgan fingerprint density at radius 3 is 2.45 bits per heavy atom. The first kappa shape index (κ1) is 16.1. The van der Waals surface area contributed by atoms with E-state index in [4.69, 9.17) is 5.26 Å². The number of rotatable bonds is 6. The van der Waals surface area contributed by atoms with Crippen LogP contribution in [-0.4, -0.2) is 38.0 Å². The Bertz CT molecular complexity index is 603. The van der Waals surface area contributed by atoms with E-state index in [2.05, 4.69) is 5.32 Å². The topological polar surface area (TPSA) is 90.3 Å². The molecule has 0 aliphatic rings. The average molecular weight is 295 g/mol. The number of likely N-dealkylation sites (N-methyl/N-ethyl adjacent to an activating group) is 1. The molecule has 0 spiro atoms. The summed E-state index contributed by atoms with van der Waals surface area (Å²) in [5.41, 5.74) is 1.43. The van der Waals surface area contributed by atoms with Crippen molar-refractivity contribution in [3.05, 3.63) is 29.8 Å². The second-order valence-corrected chi connectivity index (χ2v) is 6.60. The first-order valence-corrected chi connectivity index (χ1v) is 7.69. The molecule has 1 rings (SSSR count). The minimum absolute atomic E-state index is 0.0420. The van der Waals surface area contributed by atoms with Crippen molar-refractivity contribution in [1.82, 2.24) is 4.31 Å². The van der Waals surface area contributed by atoms with Gasteiger partial charge in [0.05, 0.1) is 24.8 Å². The molecule has 0 saturated carbocycles. The van der Waals surface area contributed by atoms with Crippen molar-refractivity contribution in [2.75, 3.05) is 24.7 Å². The molecule has 1 N–H and O–H groups in total. The largest absolute Gasteiger partial charge is 0.325 e. The van der Waals surface area contributed by atoms with Gasteiger partial charge >= 0.3 is 0 Å². The standard InChI is InChI=1S/C13H17N3O3S/c1-3-20(18,19)16(2)10-13(17)15-12-6-4-11(5-7-12)8-9-14/h4-7H,3,8,10H2,1-2H3,(H,15,17). The van der Waals surface area contributed by atoms with Crippen LogP contribution in [0, 0.1) is 11.3 Å². The van der Waals surface area contributed by atoms with E-state index in [1.165, 1.54) is 14.0 Å². The van der Waals surface area contributed by atoms with E-state index in [1.54, 1.807) is 24.3 Å². The lowest BCUT2D eigenvalue weighted by Gasteiger charge is -2.15. The van der Waals surface area contributed by atoms with Crippen LogP contribution in [0.15, 0.2) is 24.3 Å². The smallest absolute Gasteiger partial charge is 0.239 e. The van der Waals surface area contributed by atoms with Gasteiger partial charge in [-0.25, -0.2) is 8.42 Å². The molecule has 0 aliphatic carbocycles. The molecule has 0 aliphatic heterocycles. The van der Waals surface area contributed by atoms with Gasteiger partial charge in [0.2, 0.25) is 15.9 Å². The number of benzene rings is 1. The Labute approximate surface area is 119 Å². The molecule has 0 bridgehead atoms. The average Bonchev–Trinajstić information content (AvgIpc) is 2.41. The number of amides is 1. The minimum atomic E-state index is -3.36. The van der Waals surface area contributed by atoms with E-state index in [-0.39, 0.29) is 12.3 Å². The summed E-state index contributed by atoms with van der Waals surface area (Å²) in [4.78, 5) is 11.7. The highest BCUT2D eigenvalue weighted by atomic mass is 32.2. The van der Waals surface area contributed by atoms with Crippen molar-refractivity contribution < 1.29 is 13.2 Å². The zero-order valence-electron chi connectivity index (χ0n) is 11.5. The lowest BCUT2D eigenvalue weighted by Crippen LogP contribution is -2.35. The number of hydrogen-bond donors (Lipinski definition) is 1. The van der Waals surface area contributed by atoms with Crippen LogP contribution in [0.3, 0.4) is 0 Å². The van der Waals surface area contributed by atoms with E-state index in [0.29, 0.717) is 12.1 Å². The number of carbonyl (C=O) groups excluding carboxylic acids is 1. The summed E-state index contributed by atoms with van der Waals surface area (Å²) >= 11 is 0. The van der Waals surface area contributed by atoms with Crippen LogP contribution in [0.2, 0.25) is 0 Å². The van der Waals surface area contributed by atoms with E-state index >= 15 is 0 Å². The molecular weight excluding hydrogens is 278 g/mol. The van der Waals surface area contributed by atoms with Gasteiger partial charge in [0.15, 0.2) is 0 Å². The maximum Gasteiger partial charge on any atom is 0.239 e. The van der Waals surface area contributed by atoms with E-state index in [9.17, 15) is 13.2 Å². The molecule has 0 atom stereocenters. The minimum Gasteiger partial charge on any atom is -0.325 e. The van der Waals surface area contributed by atoms with Gasteiger partial charge in [-0.15, -0.1) is 0 Å². The Kier molecular flexibility index (Phi) is 5.67. The van der Waals surface area contributed by atoms with E-state index in [0.717, 1.165) is 9.87 Å². The van der Waals surface area contributed by atoms with Gasteiger partial charge in [0, 0.05) is 12.7 Å². The van der Waals surface area contributed by atoms with Gasteiger partial charge in [-0.2, -0.15) is 9.57 Å². The molecule has 7 heteroatoms. The molecule has 20 heavy (non-hydrogen) atoms. The van der Waals surface area contributed by atoms with E-state index in [1.807, 2.05) is 6.07 Å². The fourth-order valence-electron chi connectivity index (χ4n) is 1.52. The second kappa shape index (κ2) is 7.03. The van der Waals surface area contributed by atoms with Crippen LogP contribution in [0.5, 0.6) is 0 Å². The maximum absolute atomic E-state index is 11.7. The molecule has 6 nitrogen and oxygen atoms in total. The zero-order valence-corrected chi connectivity index (χ0v) is 12.3. The van der Waals surface area contributed by atoms with Crippen molar-refractivity contribution in [2.45, 2.75) is 13.3 Å². The zero-order chi connectivity index (χ0) is 15.2. The molecular formula is C13H17N3O3S. The molecule has 0 heterocycles. The van der Waals surface area contributed by atoms with Crippen molar-refractivity contribution in [3.63, 3.8) is 0 Å². The third-order valence-corrected chi connectivity index (χ3v) is 4.54. The van der Waals surface area contributed by atoms with Crippen molar-refractivity contribution in [2.24, 2.45) is 0 Å². The normalized spacial score (nSPS) is 11.1. The molecule has 0 saturated heterocycles. The van der Waals surface area contributed by atoms with Crippen LogP contribution in [-0.2, 0) is 21.2 Å². The summed E-state index contributed by atoms with van der Waals surface area (Å²) in [7, 11) is -1.99. The van der Waals surface area contributed by atoms with Gasteiger partial charge in [-0.3, -0.25) is 4.79 Å². The summed E-state index contributed by atoms with van der Waals surface area (Å²) in [6, 6.07) is 8.87. The molecule has 1 aromatic rings. The van der Waals surface area contributed by atoms with Crippen LogP contribution in [0.4, 0.5) is 5.69 Å². The third-order valence-electron chi connectivity index (χ3n) is 2.73. The molecule has 0 radical (unpaired) electrons. The predicted octanol–water partition coefficient (Wildman–Crippen LogP) is 0.973. The highest BCUT2D eigenvalue weighted by molar-refractivity contribution is 7.89. The van der Waals surface area contributed by atoms with Crippen LogP contribution < -0.4 is 5.32 Å². The predicted molar refractivity (Wildman–Crippen MR) is 76.5 cm³/mol. The van der Waals surface area contributed by atoms with Gasteiger partial charge in [-0.05, 0) is 24.6 Å². The number of nitriles is 1. The van der Waals surface area contributed by atoms with Crippen LogP contribution in [0.1, 0.15) is 12.5 Å². The quantitative estimate of drug-likeness (QED) is 0.846. The summed E-state index contributed by atoms with van der Waals surface area (Å²) in [5.74, 6) is -0.447. The molecule has 0 aromatic heterocycles. The Hall–Kier alpha value is -1.91. The van der Waals surface area contributed by atoms with Crippen LogP contribution in [0.25, 0.3) is 0 Å². The summed E-state index contributed by atoms with van der Waals surface area (Å²) in [6.07, 6.45) is 0.311. The Balaban J connectivity index is 2.61. The number of carbonyl (C=O) groups is 1. The summed E-state index contributed by atoms with van der Waals surface area (Å²) in [6.45, 7) is 1.30. The van der Waals surface area contributed by atoms with Crippen molar-refractivity contribution in [1.29, 1.82) is 5.26 Å². The number of nitrogens with zero attached hydrogens (tertiary/aromatic N) is 2. The Morgan fingerprint density at radius 2 is 1.95 bits per heavy atom. The van der Waals surface area contributed by atoms with Crippen LogP contribution >= 0.6 is 0 Å². The van der Waals surface area contributed by atoms with Crippen molar-refractivity contribution >= 4 is 21.6 Å². The highest BCUT2D eigenvalue weighted by Crippen LogP contribution is 2.10. The molecule has 0 unspecified atom stereocenters. The van der Waals surface area contributed by atoms with Crippen molar-refractivity contribution in [3.8, 4) is 6.07 Å². The molecule has 0 fully saturated rings. The SMILES string of the molecule is CCS(=O)(=O)N(C)CC(=O)Nc1ccc(CC#N)cc1. The fraction of sp³-hybridized carbons (Fsp3) is 0.385. The maximum atomic E-state index is 11.7. The number of sulfonamides is 1. The number of nitrogens with one attached hydrogen (secondary N) is 1. The fourth-order valence-corrected chi connectivity index (χ4v) is 2.27. The van der Waals surface area contributed by atoms with E-state index < -0.39 is 15.9 Å². The third kappa shape index (κ3) is 4.64. The highest BCUT2D eigenvalue weighted by Gasteiger charge is 2.18. The lowest BCUT2D eigenvalue weighted by molar-refractivity contribution is -0.116. The number of hydrogen-bond acceptors (Lipinski definition) is 4. The second-order valence-electron chi connectivity index (χ2n) is 4.24. The summed E-state index contributed by atoms with van der Waals surface area (Å²) in [5, 5.41) is 11.2.